The second-order valence-electron chi connectivity index (χ2n) is 7.09. The van der Waals surface area contributed by atoms with Gasteiger partial charge in [-0.05, 0) is 51.2 Å². The average molecular weight is 374 g/mol. The Morgan fingerprint density at radius 1 is 1.11 bits per heavy atom. The fourth-order valence-corrected chi connectivity index (χ4v) is 3.86. The first-order valence-corrected chi connectivity index (χ1v) is 8.93. The molecule has 0 spiro atoms. The second kappa shape index (κ2) is 6.56. The highest BCUT2D eigenvalue weighted by Crippen LogP contribution is 2.39. The van der Waals surface area contributed by atoms with Gasteiger partial charge in [-0.1, -0.05) is 18.2 Å². The average Bonchev–Trinajstić information content (AvgIpc) is 3.28. The summed E-state index contributed by atoms with van der Waals surface area (Å²) in [5.74, 6) is 0. The zero-order valence-corrected chi connectivity index (χ0v) is 15.2. The van der Waals surface area contributed by atoms with Crippen molar-refractivity contribution < 1.29 is 13.2 Å². The number of hydrogen-bond acceptors (Lipinski definition) is 3. The van der Waals surface area contributed by atoms with Crippen molar-refractivity contribution in [2.45, 2.75) is 25.2 Å². The summed E-state index contributed by atoms with van der Waals surface area (Å²) in [4.78, 5) is 8.42. The molecule has 4 nitrogen and oxygen atoms in total. The van der Waals surface area contributed by atoms with Gasteiger partial charge in [-0.3, -0.25) is 9.47 Å². The summed E-state index contributed by atoms with van der Waals surface area (Å²) in [6, 6.07) is 12.0. The van der Waals surface area contributed by atoms with E-state index in [2.05, 4.69) is 14.8 Å². The molecule has 1 aliphatic heterocycles. The van der Waals surface area contributed by atoms with Gasteiger partial charge in [0.1, 0.15) is 6.33 Å². The van der Waals surface area contributed by atoms with Gasteiger partial charge in [-0.2, -0.15) is 13.2 Å². The number of rotatable bonds is 3. The molecular formula is C20H21F3N4. The summed E-state index contributed by atoms with van der Waals surface area (Å²) in [7, 11) is 3.92. The van der Waals surface area contributed by atoms with E-state index in [1.807, 2.05) is 49.0 Å². The third-order valence-corrected chi connectivity index (χ3v) is 5.11. The fraction of sp³-hybridized carbons (Fsp3) is 0.350. The Labute approximate surface area is 155 Å². The van der Waals surface area contributed by atoms with E-state index in [0.717, 1.165) is 31.1 Å². The molecule has 0 aliphatic carbocycles. The van der Waals surface area contributed by atoms with Crippen LogP contribution in [0.4, 0.5) is 18.9 Å². The summed E-state index contributed by atoms with van der Waals surface area (Å²) in [6.45, 7) is 0.721. The van der Waals surface area contributed by atoms with E-state index >= 15 is 0 Å². The Hall–Kier alpha value is -2.54. The van der Waals surface area contributed by atoms with Crippen molar-refractivity contribution in [2.75, 3.05) is 25.5 Å². The van der Waals surface area contributed by atoms with Gasteiger partial charge in [0.25, 0.3) is 0 Å². The zero-order chi connectivity index (χ0) is 19.2. The molecule has 1 atom stereocenters. The van der Waals surface area contributed by atoms with Crippen molar-refractivity contribution in [3.8, 4) is 5.69 Å². The molecular weight excluding hydrogens is 353 g/mol. The van der Waals surface area contributed by atoms with Crippen LogP contribution < -0.4 is 4.90 Å². The minimum atomic E-state index is -4.41. The Morgan fingerprint density at radius 2 is 1.85 bits per heavy atom. The highest BCUT2D eigenvalue weighted by molar-refractivity contribution is 5.92. The molecule has 142 valence electrons. The van der Waals surface area contributed by atoms with Gasteiger partial charge in [0.2, 0.25) is 0 Å². The predicted octanol–water partition coefficient (Wildman–Crippen LogP) is 4.53. The SMILES string of the molecule is CN(C)C1CCCN1c1cc(C(F)(F)F)cc2ncn(-c3ccccc3)c12. The van der Waals surface area contributed by atoms with Gasteiger partial charge in [0.05, 0.1) is 28.5 Å². The number of alkyl halides is 3. The molecule has 2 heterocycles. The molecule has 1 unspecified atom stereocenters. The highest BCUT2D eigenvalue weighted by Gasteiger charge is 2.35. The Morgan fingerprint density at radius 3 is 2.52 bits per heavy atom. The molecule has 27 heavy (non-hydrogen) atoms. The standard InChI is InChI=1S/C20H21F3N4/c1-25(2)18-9-6-10-26(18)17-12-14(20(21,22)23)11-16-19(17)27(13-24-16)15-7-4-3-5-8-15/h3-5,7-8,11-13,18H,6,9-10H2,1-2H3. The molecule has 4 rings (SSSR count). The van der Waals surface area contributed by atoms with Crippen molar-refractivity contribution in [1.29, 1.82) is 0 Å². The number of fused-ring (bicyclic) bond motifs is 1. The van der Waals surface area contributed by atoms with E-state index < -0.39 is 11.7 Å². The third-order valence-electron chi connectivity index (χ3n) is 5.11. The first kappa shape index (κ1) is 17.9. The molecule has 0 N–H and O–H groups in total. The fourth-order valence-electron chi connectivity index (χ4n) is 3.86. The number of imidazole rings is 1. The number of nitrogens with zero attached hydrogens (tertiary/aromatic N) is 4. The maximum atomic E-state index is 13.5. The summed E-state index contributed by atoms with van der Waals surface area (Å²) in [6.07, 6.45) is -0.877. The van der Waals surface area contributed by atoms with Crippen molar-refractivity contribution in [1.82, 2.24) is 14.5 Å². The van der Waals surface area contributed by atoms with Gasteiger partial charge >= 0.3 is 6.18 Å². The van der Waals surface area contributed by atoms with E-state index in [-0.39, 0.29) is 6.17 Å². The van der Waals surface area contributed by atoms with Gasteiger partial charge < -0.3 is 4.90 Å². The molecule has 0 amide bonds. The third kappa shape index (κ3) is 3.16. The van der Waals surface area contributed by atoms with E-state index in [1.165, 1.54) is 6.07 Å². The van der Waals surface area contributed by atoms with E-state index in [9.17, 15) is 13.2 Å². The van der Waals surface area contributed by atoms with E-state index in [4.69, 9.17) is 0 Å². The zero-order valence-electron chi connectivity index (χ0n) is 15.2. The molecule has 0 saturated carbocycles. The maximum Gasteiger partial charge on any atom is 0.416 e. The quantitative estimate of drug-likeness (QED) is 0.673. The van der Waals surface area contributed by atoms with Crippen molar-refractivity contribution in [2.24, 2.45) is 0 Å². The molecule has 1 fully saturated rings. The van der Waals surface area contributed by atoms with E-state index in [0.29, 0.717) is 16.7 Å². The number of hydrogen-bond donors (Lipinski definition) is 0. The molecule has 0 bridgehead atoms. The van der Waals surface area contributed by atoms with Crippen LogP contribution in [0.2, 0.25) is 0 Å². The number of para-hydroxylation sites is 1. The summed E-state index contributed by atoms with van der Waals surface area (Å²) < 4.78 is 42.4. The van der Waals surface area contributed by atoms with Crippen LogP contribution in [0.1, 0.15) is 18.4 Å². The summed E-state index contributed by atoms with van der Waals surface area (Å²) >= 11 is 0. The molecule has 7 heteroatoms. The highest BCUT2D eigenvalue weighted by atomic mass is 19.4. The van der Waals surface area contributed by atoms with Crippen LogP contribution in [0, 0.1) is 0 Å². The van der Waals surface area contributed by atoms with Crippen LogP contribution in [0.5, 0.6) is 0 Å². The summed E-state index contributed by atoms with van der Waals surface area (Å²) in [5, 5.41) is 0. The van der Waals surface area contributed by atoms with Gasteiger partial charge in [-0.15, -0.1) is 0 Å². The van der Waals surface area contributed by atoms with Gasteiger partial charge in [-0.25, -0.2) is 4.98 Å². The molecule has 1 aromatic heterocycles. The maximum absolute atomic E-state index is 13.5. The Kier molecular flexibility index (Phi) is 4.34. The van der Waals surface area contributed by atoms with Crippen LogP contribution >= 0.6 is 0 Å². The van der Waals surface area contributed by atoms with E-state index in [1.54, 1.807) is 6.33 Å². The monoisotopic (exact) mass is 374 g/mol. The van der Waals surface area contributed by atoms with Crippen LogP contribution in [0.15, 0.2) is 48.8 Å². The van der Waals surface area contributed by atoms with Gasteiger partial charge in [0, 0.05) is 12.2 Å². The molecule has 1 aliphatic rings. The van der Waals surface area contributed by atoms with Crippen LogP contribution in [0.3, 0.4) is 0 Å². The molecule has 2 aromatic carbocycles. The lowest BCUT2D eigenvalue weighted by molar-refractivity contribution is -0.137. The number of halogens is 3. The van der Waals surface area contributed by atoms with Crippen LogP contribution in [-0.4, -0.2) is 41.3 Å². The Balaban J connectivity index is 1.97. The van der Waals surface area contributed by atoms with Crippen LogP contribution in [0.25, 0.3) is 16.7 Å². The number of anilines is 1. The first-order valence-electron chi connectivity index (χ1n) is 8.93. The van der Waals surface area contributed by atoms with Crippen LogP contribution in [-0.2, 0) is 6.18 Å². The van der Waals surface area contributed by atoms with Gasteiger partial charge in [0.15, 0.2) is 0 Å². The number of benzene rings is 2. The van der Waals surface area contributed by atoms with Crippen molar-refractivity contribution in [3.63, 3.8) is 0 Å². The smallest absolute Gasteiger partial charge is 0.354 e. The topological polar surface area (TPSA) is 24.3 Å². The number of aromatic nitrogens is 2. The lowest BCUT2D eigenvalue weighted by Crippen LogP contribution is -2.40. The second-order valence-corrected chi connectivity index (χ2v) is 7.09. The largest absolute Gasteiger partial charge is 0.416 e. The van der Waals surface area contributed by atoms with Crippen molar-refractivity contribution >= 4 is 16.7 Å². The first-order chi connectivity index (χ1) is 12.9. The predicted molar refractivity (Wildman–Crippen MR) is 100 cm³/mol. The lowest BCUT2D eigenvalue weighted by Gasteiger charge is -2.32. The minimum Gasteiger partial charge on any atom is -0.354 e. The lowest BCUT2D eigenvalue weighted by atomic mass is 10.1. The minimum absolute atomic E-state index is 0.0656. The molecule has 0 radical (unpaired) electrons. The molecule has 3 aromatic rings. The molecule has 1 saturated heterocycles. The normalized spacial score (nSPS) is 18.0. The Bertz CT molecular complexity index is 947. The van der Waals surface area contributed by atoms with Crippen molar-refractivity contribution in [3.05, 3.63) is 54.4 Å². The summed E-state index contributed by atoms with van der Waals surface area (Å²) in [5.41, 5.74) is 1.86.